The van der Waals surface area contributed by atoms with E-state index in [9.17, 15) is 14.9 Å². The van der Waals surface area contributed by atoms with Crippen LogP contribution in [0.15, 0.2) is 18.2 Å². The minimum atomic E-state index is -0.443. The van der Waals surface area contributed by atoms with Crippen molar-refractivity contribution in [2.45, 2.75) is 13.3 Å². The number of carbonyl (C=O) groups is 1. The molecular formula is C11H15N3O3. The highest BCUT2D eigenvalue weighted by molar-refractivity contribution is 5.91. The molecule has 0 radical (unpaired) electrons. The van der Waals surface area contributed by atoms with Gasteiger partial charge in [-0.1, -0.05) is 0 Å². The van der Waals surface area contributed by atoms with E-state index in [0.29, 0.717) is 24.2 Å². The van der Waals surface area contributed by atoms with Gasteiger partial charge < -0.3 is 10.6 Å². The van der Waals surface area contributed by atoms with Crippen molar-refractivity contribution in [2.24, 2.45) is 0 Å². The molecule has 6 heteroatoms. The van der Waals surface area contributed by atoms with Gasteiger partial charge in [0.1, 0.15) is 0 Å². The molecule has 0 fully saturated rings. The van der Waals surface area contributed by atoms with E-state index in [2.05, 4.69) is 10.6 Å². The van der Waals surface area contributed by atoms with Crippen molar-refractivity contribution < 1.29 is 9.72 Å². The fourth-order valence-electron chi connectivity index (χ4n) is 1.40. The molecule has 0 aliphatic rings. The topological polar surface area (TPSA) is 84.3 Å². The standard InChI is InChI=1S/C11H15N3O3/c1-8-7-9(3-4-10(8)14(16)17)13-11(15)5-6-12-2/h3-4,7,12H,5-6H2,1-2H3,(H,13,15). The van der Waals surface area contributed by atoms with Crippen LogP contribution in [0.1, 0.15) is 12.0 Å². The Morgan fingerprint density at radius 3 is 2.71 bits per heavy atom. The lowest BCUT2D eigenvalue weighted by atomic mass is 10.2. The molecule has 0 atom stereocenters. The van der Waals surface area contributed by atoms with Crippen LogP contribution in [0.4, 0.5) is 11.4 Å². The lowest BCUT2D eigenvalue weighted by Gasteiger charge is -2.06. The normalized spacial score (nSPS) is 10.0. The second-order valence-electron chi connectivity index (χ2n) is 3.66. The number of anilines is 1. The van der Waals surface area contributed by atoms with Crippen molar-refractivity contribution in [2.75, 3.05) is 18.9 Å². The maximum Gasteiger partial charge on any atom is 0.272 e. The van der Waals surface area contributed by atoms with Gasteiger partial charge in [0.2, 0.25) is 5.91 Å². The maximum absolute atomic E-state index is 11.4. The van der Waals surface area contributed by atoms with Gasteiger partial charge in [0, 0.05) is 30.3 Å². The Kier molecular flexibility index (Phi) is 4.59. The molecule has 2 N–H and O–H groups in total. The number of hydrogen-bond donors (Lipinski definition) is 2. The molecule has 1 aromatic carbocycles. The Morgan fingerprint density at radius 1 is 1.47 bits per heavy atom. The van der Waals surface area contributed by atoms with Gasteiger partial charge in [-0.05, 0) is 26.1 Å². The number of nitro groups is 1. The summed E-state index contributed by atoms with van der Waals surface area (Å²) in [4.78, 5) is 21.6. The number of hydrogen-bond acceptors (Lipinski definition) is 4. The van der Waals surface area contributed by atoms with E-state index in [0.717, 1.165) is 0 Å². The van der Waals surface area contributed by atoms with Gasteiger partial charge in [-0.15, -0.1) is 0 Å². The highest BCUT2D eigenvalue weighted by Crippen LogP contribution is 2.21. The second kappa shape index (κ2) is 5.95. The largest absolute Gasteiger partial charge is 0.326 e. The van der Waals surface area contributed by atoms with Crippen LogP contribution in [-0.4, -0.2) is 24.4 Å². The molecule has 0 bridgehead atoms. The zero-order chi connectivity index (χ0) is 12.8. The monoisotopic (exact) mass is 237 g/mol. The van der Waals surface area contributed by atoms with Gasteiger partial charge in [-0.3, -0.25) is 14.9 Å². The lowest BCUT2D eigenvalue weighted by Crippen LogP contribution is -2.18. The van der Waals surface area contributed by atoms with Crippen LogP contribution in [0.25, 0.3) is 0 Å². The van der Waals surface area contributed by atoms with E-state index >= 15 is 0 Å². The molecular weight excluding hydrogens is 222 g/mol. The third-order valence-electron chi connectivity index (χ3n) is 2.28. The molecule has 0 saturated heterocycles. The number of nitro benzene ring substituents is 1. The Morgan fingerprint density at radius 2 is 2.18 bits per heavy atom. The zero-order valence-corrected chi connectivity index (χ0v) is 9.82. The molecule has 0 saturated carbocycles. The van der Waals surface area contributed by atoms with Crippen molar-refractivity contribution in [1.29, 1.82) is 0 Å². The van der Waals surface area contributed by atoms with Gasteiger partial charge in [0.05, 0.1) is 4.92 Å². The van der Waals surface area contributed by atoms with Gasteiger partial charge in [-0.2, -0.15) is 0 Å². The summed E-state index contributed by atoms with van der Waals surface area (Å²) in [5.74, 6) is -0.118. The average molecular weight is 237 g/mol. The molecule has 92 valence electrons. The fourth-order valence-corrected chi connectivity index (χ4v) is 1.40. The van der Waals surface area contributed by atoms with Crippen LogP contribution in [0.5, 0.6) is 0 Å². The van der Waals surface area contributed by atoms with E-state index < -0.39 is 4.92 Å². The molecule has 0 aliphatic carbocycles. The van der Waals surface area contributed by atoms with Crippen molar-refractivity contribution >= 4 is 17.3 Å². The number of aryl methyl sites for hydroxylation is 1. The predicted octanol–water partition coefficient (Wildman–Crippen LogP) is 1.45. The van der Waals surface area contributed by atoms with Gasteiger partial charge >= 0.3 is 0 Å². The summed E-state index contributed by atoms with van der Waals surface area (Å²) in [6, 6.07) is 4.51. The van der Waals surface area contributed by atoms with E-state index in [1.807, 2.05) is 0 Å². The SMILES string of the molecule is CNCCC(=O)Nc1ccc([N+](=O)[O-])c(C)c1. The molecule has 0 aromatic heterocycles. The summed E-state index contributed by atoms with van der Waals surface area (Å²) in [5.41, 5.74) is 1.16. The summed E-state index contributed by atoms with van der Waals surface area (Å²) in [7, 11) is 1.77. The summed E-state index contributed by atoms with van der Waals surface area (Å²) in [6.45, 7) is 2.24. The third kappa shape index (κ3) is 3.84. The molecule has 1 amide bonds. The third-order valence-corrected chi connectivity index (χ3v) is 2.28. The smallest absolute Gasteiger partial charge is 0.272 e. The van der Waals surface area contributed by atoms with Crippen LogP contribution in [0.2, 0.25) is 0 Å². The molecule has 17 heavy (non-hydrogen) atoms. The summed E-state index contributed by atoms with van der Waals surface area (Å²) >= 11 is 0. The highest BCUT2D eigenvalue weighted by atomic mass is 16.6. The summed E-state index contributed by atoms with van der Waals surface area (Å²) in [5, 5.41) is 16.2. The molecule has 6 nitrogen and oxygen atoms in total. The van der Waals surface area contributed by atoms with Crippen LogP contribution in [-0.2, 0) is 4.79 Å². The minimum absolute atomic E-state index is 0.0539. The van der Waals surface area contributed by atoms with Crippen molar-refractivity contribution in [1.82, 2.24) is 5.32 Å². The first-order valence-electron chi connectivity index (χ1n) is 5.24. The first-order chi connectivity index (χ1) is 8.04. The molecule has 1 rings (SSSR count). The van der Waals surface area contributed by atoms with E-state index in [4.69, 9.17) is 0 Å². The zero-order valence-electron chi connectivity index (χ0n) is 9.82. The number of amides is 1. The molecule has 0 aliphatic heterocycles. The van der Waals surface area contributed by atoms with Crippen LogP contribution >= 0.6 is 0 Å². The molecule has 0 unspecified atom stereocenters. The quantitative estimate of drug-likeness (QED) is 0.599. The predicted molar refractivity (Wildman–Crippen MR) is 65.0 cm³/mol. The van der Waals surface area contributed by atoms with E-state index in [1.165, 1.54) is 12.1 Å². The Bertz CT molecular complexity index is 432. The van der Waals surface area contributed by atoms with Crippen molar-refractivity contribution in [3.8, 4) is 0 Å². The number of nitrogens with zero attached hydrogens (tertiary/aromatic N) is 1. The average Bonchev–Trinajstić information content (AvgIpc) is 2.26. The molecule has 1 aromatic rings. The van der Waals surface area contributed by atoms with Crippen molar-refractivity contribution in [3.63, 3.8) is 0 Å². The van der Waals surface area contributed by atoms with Crippen molar-refractivity contribution in [3.05, 3.63) is 33.9 Å². The first-order valence-corrected chi connectivity index (χ1v) is 5.24. The van der Waals surface area contributed by atoms with Crippen LogP contribution in [0, 0.1) is 17.0 Å². The number of benzene rings is 1. The van der Waals surface area contributed by atoms with Crippen LogP contribution < -0.4 is 10.6 Å². The Hall–Kier alpha value is -1.95. The Labute approximate surface area is 99.2 Å². The number of rotatable bonds is 5. The summed E-state index contributed by atoms with van der Waals surface area (Å²) in [6.07, 6.45) is 0.368. The first kappa shape index (κ1) is 13.1. The number of nitrogens with one attached hydrogen (secondary N) is 2. The Balaban J connectivity index is 2.70. The minimum Gasteiger partial charge on any atom is -0.326 e. The highest BCUT2D eigenvalue weighted by Gasteiger charge is 2.11. The van der Waals surface area contributed by atoms with Gasteiger partial charge in [-0.25, -0.2) is 0 Å². The second-order valence-corrected chi connectivity index (χ2v) is 3.66. The molecule has 0 spiro atoms. The van der Waals surface area contributed by atoms with E-state index in [-0.39, 0.29) is 11.6 Å². The van der Waals surface area contributed by atoms with Gasteiger partial charge in [0.25, 0.3) is 5.69 Å². The molecule has 0 heterocycles. The van der Waals surface area contributed by atoms with Crippen LogP contribution in [0.3, 0.4) is 0 Å². The maximum atomic E-state index is 11.4. The lowest BCUT2D eigenvalue weighted by molar-refractivity contribution is -0.385. The fraction of sp³-hybridized carbons (Fsp3) is 0.364. The van der Waals surface area contributed by atoms with E-state index in [1.54, 1.807) is 20.0 Å². The number of carbonyl (C=O) groups excluding carboxylic acids is 1. The summed E-state index contributed by atoms with van der Waals surface area (Å²) < 4.78 is 0. The van der Waals surface area contributed by atoms with Gasteiger partial charge in [0.15, 0.2) is 0 Å².